The smallest absolute Gasteiger partial charge is 0.336 e. The van der Waals surface area contributed by atoms with Gasteiger partial charge in [0.15, 0.2) is 0 Å². The van der Waals surface area contributed by atoms with Gasteiger partial charge in [0.05, 0.1) is 33.6 Å². The second-order valence-electron chi connectivity index (χ2n) is 10.3. The van der Waals surface area contributed by atoms with E-state index in [1.54, 1.807) is 16.5 Å². The highest BCUT2D eigenvalue weighted by molar-refractivity contribution is 9.10. The van der Waals surface area contributed by atoms with Crippen molar-refractivity contribution < 1.29 is 26.4 Å². The van der Waals surface area contributed by atoms with Crippen LogP contribution >= 0.6 is 27.3 Å². The molecule has 1 saturated heterocycles. The van der Waals surface area contributed by atoms with Crippen molar-refractivity contribution in [3.8, 4) is 16.4 Å². The average molecular weight is 683 g/mol. The molecule has 0 N–H and O–H groups in total. The van der Waals surface area contributed by atoms with Crippen molar-refractivity contribution in [2.24, 2.45) is 0 Å². The molecule has 1 unspecified atom stereocenters. The van der Waals surface area contributed by atoms with Gasteiger partial charge in [0.1, 0.15) is 0 Å². The van der Waals surface area contributed by atoms with Gasteiger partial charge in [0.25, 0.3) is 5.91 Å². The fraction of sp³-hybridized carbons (Fsp3) is 0.321. The molecule has 1 aliphatic heterocycles. The van der Waals surface area contributed by atoms with Gasteiger partial charge in [-0.25, -0.2) is 18.1 Å². The number of carbonyl (C=O) groups excluding carboxylic acids is 1. The van der Waals surface area contributed by atoms with Crippen molar-refractivity contribution in [2.45, 2.75) is 43.8 Å². The van der Waals surface area contributed by atoms with E-state index in [-0.39, 0.29) is 31.5 Å². The number of piperazine rings is 1. The Labute approximate surface area is 254 Å². The molecule has 2 aromatic carbocycles. The molecule has 3 heterocycles. The maximum atomic E-state index is 13.7. The first-order valence-electron chi connectivity index (χ1n) is 13.1. The highest BCUT2D eigenvalue weighted by Crippen LogP contribution is 2.33. The number of halogens is 4. The number of thiazole rings is 1. The molecule has 222 valence electrons. The van der Waals surface area contributed by atoms with Crippen LogP contribution in [0.25, 0.3) is 16.4 Å². The van der Waals surface area contributed by atoms with Gasteiger partial charge >= 0.3 is 6.18 Å². The molecule has 0 spiro atoms. The lowest BCUT2D eigenvalue weighted by Gasteiger charge is -2.39. The lowest BCUT2D eigenvalue weighted by molar-refractivity contribution is -0.137. The van der Waals surface area contributed by atoms with Crippen LogP contribution in [-0.2, 0) is 16.2 Å². The summed E-state index contributed by atoms with van der Waals surface area (Å²) in [5.41, 5.74) is 1.78. The van der Waals surface area contributed by atoms with Crippen LogP contribution in [0.3, 0.4) is 0 Å². The van der Waals surface area contributed by atoms with Gasteiger partial charge in [-0.1, -0.05) is 48.0 Å². The van der Waals surface area contributed by atoms with Crippen LogP contribution in [0, 0.1) is 0 Å². The molecule has 1 fully saturated rings. The predicted molar refractivity (Wildman–Crippen MR) is 157 cm³/mol. The maximum absolute atomic E-state index is 13.7. The van der Waals surface area contributed by atoms with E-state index in [9.17, 15) is 26.4 Å². The number of amides is 1. The Morgan fingerprint density at radius 2 is 1.83 bits per heavy atom. The quantitative estimate of drug-likeness (QED) is 0.234. The molecular weight excluding hydrogens is 655 g/mol. The third-order valence-corrected chi connectivity index (χ3v) is 10.4. The summed E-state index contributed by atoms with van der Waals surface area (Å²) in [7, 11) is -4.21. The third kappa shape index (κ3) is 5.90. The van der Waals surface area contributed by atoms with Crippen LogP contribution in [0.5, 0.6) is 0 Å². The van der Waals surface area contributed by atoms with Crippen molar-refractivity contribution in [3.63, 3.8) is 0 Å². The van der Waals surface area contributed by atoms with Gasteiger partial charge in [-0.05, 0) is 43.2 Å². The van der Waals surface area contributed by atoms with E-state index in [0.29, 0.717) is 22.5 Å². The summed E-state index contributed by atoms with van der Waals surface area (Å²) in [5.74, 6) is -0.371. The molecule has 8 nitrogen and oxygen atoms in total. The largest absolute Gasteiger partial charge is 0.416 e. The molecule has 0 saturated carbocycles. The maximum Gasteiger partial charge on any atom is 0.416 e. The number of alkyl halides is 3. The summed E-state index contributed by atoms with van der Waals surface area (Å²) in [4.78, 5) is 19.6. The monoisotopic (exact) mass is 681 g/mol. The number of sulfonamides is 1. The fourth-order valence-electron chi connectivity index (χ4n) is 4.97. The molecule has 1 atom stereocenters. The van der Waals surface area contributed by atoms with Gasteiger partial charge in [-0.15, -0.1) is 11.3 Å². The molecule has 0 aliphatic carbocycles. The summed E-state index contributed by atoms with van der Waals surface area (Å²) in [6.07, 6.45) is -3.16. The minimum atomic E-state index is -4.67. The fourth-order valence-corrected chi connectivity index (χ4v) is 7.69. The topological polar surface area (TPSA) is 88.4 Å². The van der Waals surface area contributed by atoms with Crippen LogP contribution in [0.2, 0.25) is 0 Å². The van der Waals surface area contributed by atoms with Crippen LogP contribution in [0.15, 0.2) is 69.5 Å². The third-order valence-electron chi connectivity index (χ3n) is 7.02. The molecule has 1 aliphatic rings. The number of nitrogens with zero attached hydrogens (tertiary/aromatic N) is 5. The summed E-state index contributed by atoms with van der Waals surface area (Å²) in [6.45, 7) is 5.64. The molecule has 0 radical (unpaired) electrons. The van der Waals surface area contributed by atoms with Crippen molar-refractivity contribution in [2.75, 3.05) is 19.6 Å². The Morgan fingerprint density at radius 3 is 2.48 bits per heavy atom. The van der Waals surface area contributed by atoms with E-state index in [4.69, 9.17) is 4.98 Å². The minimum absolute atomic E-state index is 0.0559. The Bertz CT molecular complexity index is 1720. The zero-order valence-corrected chi connectivity index (χ0v) is 26.1. The molecular formula is C28H27BrF3N5O3S2. The minimum Gasteiger partial charge on any atom is -0.336 e. The number of rotatable bonds is 6. The van der Waals surface area contributed by atoms with Crippen molar-refractivity contribution >= 4 is 43.2 Å². The first-order valence-corrected chi connectivity index (χ1v) is 16.2. The number of hydrogen-bond acceptors (Lipinski definition) is 6. The van der Waals surface area contributed by atoms with Gasteiger partial charge in [0, 0.05) is 41.1 Å². The van der Waals surface area contributed by atoms with E-state index in [1.165, 1.54) is 17.5 Å². The average Bonchev–Trinajstić information content (AvgIpc) is 3.60. The molecule has 5 rings (SSSR count). The molecule has 1 amide bonds. The van der Waals surface area contributed by atoms with Crippen molar-refractivity contribution in [1.29, 1.82) is 0 Å². The lowest BCUT2D eigenvalue weighted by atomic mass is 10.0. The van der Waals surface area contributed by atoms with Gasteiger partial charge in [-0.3, -0.25) is 4.79 Å². The van der Waals surface area contributed by atoms with E-state index in [2.05, 4.69) is 21.0 Å². The van der Waals surface area contributed by atoms with Gasteiger partial charge in [0.2, 0.25) is 15.2 Å². The number of carbonyl (C=O) groups is 1. The SMILES string of the molecule is CC(C)c1c(C(=O)N2CCN(S(=O)(=O)c3cccc(C(F)(F)F)c3)C(C)C2)cnn1-c1nc(-c2ccc(Br)cc2)cs1. The summed E-state index contributed by atoms with van der Waals surface area (Å²) in [6, 6.07) is 10.8. The van der Waals surface area contributed by atoms with E-state index in [0.717, 1.165) is 38.2 Å². The number of benzene rings is 2. The Hall–Kier alpha value is -3.07. The van der Waals surface area contributed by atoms with Crippen molar-refractivity contribution in [3.05, 3.63) is 81.4 Å². The second kappa shape index (κ2) is 11.5. The Balaban J connectivity index is 1.36. The van der Waals surface area contributed by atoms with Crippen LogP contribution in [-0.4, -0.2) is 64.0 Å². The molecule has 4 aromatic rings. The van der Waals surface area contributed by atoms with Gasteiger partial charge < -0.3 is 4.90 Å². The zero-order valence-electron chi connectivity index (χ0n) is 22.8. The first kappa shape index (κ1) is 30.4. The van der Waals surface area contributed by atoms with Gasteiger partial charge in [-0.2, -0.15) is 22.6 Å². The van der Waals surface area contributed by atoms with E-state index < -0.39 is 32.7 Å². The molecule has 2 aromatic heterocycles. The van der Waals surface area contributed by atoms with E-state index in [1.807, 2.05) is 43.5 Å². The molecule has 14 heteroatoms. The van der Waals surface area contributed by atoms with Crippen molar-refractivity contribution in [1.82, 2.24) is 24.0 Å². The predicted octanol–water partition coefficient (Wildman–Crippen LogP) is 6.44. The van der Waals surface area contributed by atoms with Crippen LogP contribution in [0.1, 0.15) is 48.3 Å². The zero-order chi connectivity index (χ0) is 30.4. The number of aromatic nitrogens is 3. The summed E-state index contributed by atoms with van der Waals surface area (Å²) < 4.78 is 70.0. The highest BCUT2D eigenvalue weighted by atomic mass is 79.9. The number of hydrogen-bond donors (Lipinski definition) is 0. The standard InChI is InChI=1S/C28H27BrF3N5O3S2/c1-17(2)25-23(14-33-37(25)27-34-24(16-41-27)19-7-9-21(29)10-8-19)26(38)35-11-12-36(18(3)15-35)42(39,40)22-6-4-5-20(13-22)28(30,31)32/h4-10,13-14,16-18H,11-12,15H2,1-3H3. The first-order chi connectivity index (χ1) is 19.8. The normalized spacial score (nSPS) is 16.8. The van der Waals surface area contributed by atoms with Crippen LogP contribution < -0.4 is 0 Å². The highest BCUT2D eigenvalue weighted by Gasteiger charge is 2.38. The summed E-state index contributed by atoms with van der Waals surface area (Å²) in [5, 5.41) is 7.04. The summed E-state index contributed by atoms with van der Waals surface area (Å²) >= 11 is 4.84. The second-order valence-corrected chi connectivity index (χ2v) is 13.9. The lowest BCUT2D eigenvalue weighted by Crippen LogP contribution is -2.55. The molecule has 42 heavy (non-hydrogen) atoms. The molecule has 0 bridgehead atoms. The van der Waals surface area contributed by atoms with Crippen LogP contribution in [0.4, 0.5) is 13.2 Å². The Morgan fingerprint density at radius 1 is 1.12 bits per heavy atom. The Kier molecular flexibility index (Phi) is 8.36. The van der Waals surface area contributed by atoms with E-state index >= 15 is 0 Å².